The van der Waals surface area contributed by atoms with Crippen LogP contribution >= 0.6 is 11.3 Å². The molecule has 0 saturated carbocycles. The Morgan fingerprint density at radius 3 is 2.68 bits per heavy atom. The van der Waals surface area contributed by atoms with E-state index in [9.17, 15) is 13.2 Å². The van der Waals surface area contributed by atoms with Gasteiger partial charge in [-0.2, -0.15) is 0 Å². The Hall–Kier alpha value is -1.93. The highest BCUT2D eigenvalue weighted by Crippen LogP contribution is 2.31. The number of carbonyl (C=O) groups is 1. The zero-order valence-electron chi connectivity index (χ0n) is 12.4. The van der Waals surface area contributed by atoms with Crippen LogP contribution in [0.4, 0.5) is 10.8 Å². The maximum Gasteiger partial charge on any atom is 0.263 e. The third kappa shape index (κ3) is 2.48. The van der Waals surface area contributed by atoms with Crippen molar-refractivity contribution in [2.45, 2.75) is 25.2 Å². The van der Waals surface area contributed by atoms with Gasteiger partial charge in [-0.1, -0.05) is 0 Å². The average molecular weight is 337 g/mol. The first kappa shape index (κ1) is 15.0. The predicted molar refractivity (Wildman–Crippen MR) is 86.0 cm³/mol. The molecular weight excluding hydrogens is 322 g/mol. The van der Waals surface area contributed by atoms with Gasteiger partial charge in [-0.05, 0) is 37.6 Å². The first-order valence-electron chi connectivity index (χ1n) is 6.64. The Labute approximate surface area is 132 Å². The summed E-state index contributed by atoms with van der Waals surface area (Å²) in [5.74, 6) is -0.0383. The fourth-order valence-electron chi connectivity index (χ4n) is 2.30. The fraction of sp³-hybridized carbons (Fsp3) is 0.286. The molecule has 0 spiro atoms. The second kappa shape index (κ2) is 5.06. The number of aromatic nitrogens is 1. The van der Waals surface area contributed by atoms with Crippen LogP contribution in [0.15, 0.2) is 23.1 Å². The second-order valence-corrected chi connectivity index (χ2v) is 8.07. The van der Waals surface area contributed by atoms with Gasteiger partial charge in [-0.25, -0.2) is 13.4 Å². The summed E-state index contributed by atoms with van der Waals surface area (Å²) >= 11 is 1.30. The van der Waals surface area contributed by atoms with E-state index in [0.717, 1.165) is 21.8 Å². The third-order valence-electron chi connectivity index (χ3n) is 3.69. The van der Waals surface area contributed by atoms with Crippen LogP contribution in [0.3, 0.4) is 0 Å². The maximum atomic E-state index is 12.4. The molecule has 0 fully saturated rings. The van der Waals surface area contributed by atoms with E-state index in [1.54, 1.807) is 19.2 Å². The molecule has 0 aliphatic carbocycles. The van der Waals surface area contributed by atoms with Crippen molar-refractivity contribution in [2.75, 3.05) is 16.7 Å². The van der Waals surface area contributed by atoms with Crippen molar-refractivity contribution in [3.8, 4) is 0 Å². The number of hydrogen-bond donors (Lipinski definition) is 1. The van der Waals surface area contributed by atoms with Gasteiger partial charge < -0.3 is 4.90 Å². The molecule has 0 saturated heterocycles. The van der Waals surface area contributed by atoms with Gasteiger partial charge in [0.15, 0.2) is 5.13 Å². The summed E-state index contributed by atoms with van der Waals surface area (Å²) in [7, 11) is -2.02. The van der Waals surface area contributed by atoms with E-state index in [0.29, 0.717) is 5.13 Å². The van der Waals surface area contributed by atoms with Gasteiger partial charge in [0.05, 0.1) is 17.0 Å². The van der Waals surface area contributed by atoms with Crippen molar-refractivity contribution >= 4 is 38.1 Å². The predicted octanol–water partition coefficient (Wildman–Crippen LogP) is 2.08. The Morgan fingerprint density at radius 1 is 1.32 bits per heavy atom. The van der Waals surface area contributed by atoms with E-state index < -0.39 is 10.0 Å². The van der Waals surface area contributed by atoms with Gasteiger partial charge in [0, 0.05) is 17.6 Å². The molecule has 0 atom stereocenters. The lowest BCUT2D eigenvalue weighted by Gasteiger charge is -2.11. The number of sulfonamides is 1. The number of nitrogens with one attached hydrogen (secondary N) is 1. The minimum Gasteiger partial charge on any atom is -0.315 e. The Bertz CT molecular complexity index is 852. The first-order chi connectivity index (χ1) is 10.3. The molecule has 8 heteroatoms. The van der Waals surface area contributed by atoms with Gasteiger partial charge in [-0.15, -0.1) is 11.3 Å². The smallest absolute Gasteiger partial charge is 0.263 e. The monoisotopic (exact) mass is 337 g/mol. The lowest BCUT2D eigenvalue weighted by atomic mass is 10.2. The van der Waals surface area contributed by atoms with Crippen LogP contribution < -0.4 is 9.62 Å². The summed E-state index contributed by atoms with van der Waals surface area (Å²) < 4.78 is 27.4. The highest BCUT2D eigenvalue weighted by molar-refractivity contribution is 7.93. The number of anilines is 2. The van der Waals surface area contributed by atoms with Crippen LogP contribution in [0.2, 0.25) is 0 Å². The lowest BCUT2D eigenvalue weighted by molar-refractivity contribution is -0.117. The summed E-state index contributed by atoms with van der Waals surface area (Å²) in [6.07, 6.45) is 0.227. The number of thiazole rings is 1. The molecule has 6 nitrogen and oxygen atoms in total. The topological polar surface area (TPSA) is 79.4 Å². The molecule has 1 aromatic carbocycles. The molecule has 0 unspecified atom stereocenters. The van der Waals surface area contributed by atoms with E-state index in [2.05, 4.69) is 9.71 Å². The van der Waals surface area contributed by atoms with E-state index in [-0.39, 0.29) is 17.2 Å². The Kier molecular flexibility index (Phi) is 3.45. The van der Waals surface area contributed by atoms with Crippen LogP contribution in [0, 0.1) is 13.8 Å². The van der Waals surface area contributed by atoms with Crippen molar-refractivity contribution in [1.29, 1.82) is 0 Å². The number of rotatable bonds is 3. The molecule has 0 radical (unpaired) electrons. The molecule has 0 bridgehead atoms. The van der Waals surface area contributed by atoms with Crippen LogP contribution in [0.25, 0.3) is 0 Å². The fourth-order valence-corrected chi connectivity index (χ4v) is 4.40. The molecule has 1 amide bonds. The summed E-state index contributed by atoms with van der Waals surface area (Å²) in [5, 5.41) is 0.351. The molecule has 116 valence electrons. The molecule has 2 heterocycles. The zero-order chi connectivity index (χ0) is 16.1. The second-order valence-electron chi connectivity index (χ2n) is 5.19. The average Bonchev–Trinajstić information content (AvgIpc) is 2.89. The zero-order valence-corrected chi connectivity index (χ0v) is 14.0. The number of hydrogen-bond acceptors (Lipinski definition) is 5. The Morgan fingerprint density at radius 2 is 2.05 bits per heavy atom. The minimum atomic E-state index is -3.71. The van der Waals surface area contributed by atoms with Gasteiger partial charge in [-0.3, -0.25) is 9.52 Å². The molecule has 1 aliphatic rings. The van der Waals surface area contributed by atoms with Crippen molar-refractivity contribution in [2.24, 2.45) is 0 Å². The van der Waals surface area contributed by atoms with Crippen molar-refractivity contribution in [3.63, 3.8) is 0 Å². The lowest BCUT2D eigenvalue weighted by Crippen LogP contribution is -2.20. The van der Waals surface area contributed by atoms with Crippen LogP contribution in [0.5, 0.6) is 0 Å². The van der Waals surface area contributed by atoms with Gasteiger partial charge in [0.1, 0.15) is 0 Å². The molecule has 2 aromatic rings. The molecular formula is C14H15N3O3S2. The number of benzene rings is 1. The molecule has 22 heavy (non-hydrogen) atoms. The maximum absolute atomic E-state index is 12.4. The van der Waals surface area contributed by atoms with Crippen molar-refractivity contribution in [1.82, 2.24) is 4.98 Å². The first-order valence-corrected chi connectivity index (χ1v) is 8.94. The van der Waals surface area contributed by atoms with Crippen LogP contribution in [0.1, 0.15) is 16.1 Å². The Balaban J connectivity index is 1.93. The van der Waals surface area contributed by atoms with Gasteiger partial charge in [0.25, 0.3) is 10.0 Å². The van der Waals surface area contributed by atoms with E-state index in [1.165, 1.54) is 22.3 Å². The number of amides is 1. The number of carbonyl (C=O) groups excluding carboxylic acids is 1. The van der Waals surface area contributed by atoms with E-state index in [1.807, 2.05) is 13.8 Å². The quantitative estimate of drug-likeness (QED) is 0.930. The normalized spacial score (nSPS) is 14.3. The summed E-state index contributed by atoms with van der Waals surface area (Å²) in [6.45, 7) is 3.72. The SMILES string of the molecule is Cc1nc(NS(=O)(=O)c2ccc3c(c2)CC(=O)N3C)sc1C. The van der Waals surface area contributed by atoms with Gasteiger partial charge >= 0.3 is 0 Å². The highest BCUT2D eigenvalue weighted by atomic mass is 32.2. The molecule has 1 aliphatic heterocycles. The highest BCUT2D eigenvalue weighted by Gasteiger charge is 2.26. The summed E-state index contributed by atoms with van der Waals surface area (Å²) in [4.78, 5) is 18.5. The third-order valence-corrected chi connectivity index (χ3v) is 6.14. The standard InChI is InChI=1S/C14H15N3O3S2/c1-8-9(2)21-14(15-8)16-22(19,20)11-4-5-12-10(6-11)7-13(18)17(12)3/h4-6H,7H2,1-3H3,(H,15,16). The largest absolute Gasteiger partial charge is 0.315 e. The summed E-state index contributed by atoms with van der Waals surface area (Å²) in [5.41, 5.74) is 2.29. The molecule has 1 N–H and O–H groups in total. The number of aryl methyl sites for hydroxylation is 2. The van der Waals surface area contributed by atoms with E-state index >= 15 is 0 Å². The van der Waals surface area contributed by atoms with Crippen LogP contribution in [-0.2, 0) is 21.2 Å². The number of likely N-dealkylation sites (N-methyl/N-ethyl adjacent to an activating group) is 1. The van der Waals surface area contributed by atoms with E-state index in [4.69, 9.17) is 0 Å². The minimum absolute atomic E-state index is 0.0383. The van der Waals surface area contributed by atoms with Gasteiger partial charge in [0.2, 0.25) is 5.91 Å². The number of fused-ring (bicyclic) bond motifs is 1. The molecule has 1 aromatic heterocycles. The molecule has 3 rings (SSSR count). The number of nitrogens with zero attached hydrogens (tertiary/aromatic N) is 2. The summed E-state index contributed by atoms with van der Waals surface area (Å²) in [6, 6.07) is 4.71. The van der Waals surface area contributed by atoms with Crippen LogP contribution in [-0.4, -0.2) is 26.4 Å². The van der Waals surface area contributed by atoms with Crippen molar-refractivity contribution in [3.05, 3.63) is 34.3 Å². The van der Waals surface area contributed by atoms with Crippen molar-refractivity contribution < 1.29 is 13.2 Å².